The van der Waals surface area contributed by atoms with Crippen molar-refractivity contribution in [1.29, 1.82) is 0 Å². The predicted octanol–water partition coefficient (Wildman–Crippen LogP) is 5.21. The van der Waals surface area contributed by atoms with Crippen LogP contribution in [0.4, 0.5) is 0 Å². The Balaban J connectivity index is 1.64. The van der Waals surface area contributed by atoms with Crippen molar-refractivity contribution in [1.82, 2.24) is 23.7 Å². The summed E-state index contributed by atoms with van der Waals surface area (Å²) in [5.74, 6) is -0.874. The number of nitroso groups, excluding NO2 is 2. The number of imidazole rings is 1. The van der Waals surface area contributed by atoms with Gasteiger partial charge in [0, 0.05) is 31.7 Å². The third-order valence-electron chi connectivity index (χ3n) is 9.27. The number of pyridine rings is 1. The number of rotatable bonds is 20. The molecule has 0 aliphatic rings. The second-order valence-electron chi connectivity index (χ2n) is 13.8. The first-order valence-electron chi connectivity index (χ1n) is 17.7. The summed E-state index contributed by atoms with van der Waals surface area (Å²) in [6.07, 6.45) is 4.13. The van der Waals surface area contributed by atoms with Gasteiger partial charge in [0.1, 0.15) is 18.6 Å². The molecule has 1 amide bonds. The number of aliphatic hydroxyl groups excluding tert-OH is 1. The second-order valence-corrected chi connectivity index (χ2v) is 15.8. The molecule has 0 aliphatic heterocycles. The number of sulfonamides is 1. The largest absolute Gasteiger partial charge is 0.390 e. The number of carbonyl (C=O) groups is 1. The molecule has 0 radical (unpaired) electrons. The molecule has 0 spiro atoms. The van der Waals surface area contributed by atoms with Crippen LogP contribution in [-0.2, 0) is 34.3 Å². The fraction of sp³-hybridized carbons (Fsp3) is 0.447. The van der Waals surface area contributed by atoms with E-state index in [0.29, 0.717) is 17.7 Å². The molecular weight excluding hydrogens is 699 g/mol. The molecule has 15 heteroatoms. The number of aromatic nitrogens is 3. The zero-order valence-corrected chi connectivity index (χ0v) is 31.6. The molecule has 0 fully saturated rings. The summed E-state index contributed by atoms with van der Waals surface area (Å²) >= 11 is 0. The molecule has 14 nitrogen and oxygen atoms in total. The first kappa shape index (κ1) is 40.9. The van der Waals surface area contributed by atoms with Crippen LogP contribution in [0.2, 0.25) is 0 Å². The van der Waals surface area contributed by atoms with Gasteiger partial charge in [-0.2, -0.15) is 14.1 Å². The van der Waals surface area contributed by atoms with Gasteiger partial charge in [-0.3, -0.25) is 18.9 Å². The molecule has 2 N–H and O–H groups in total. The van der Waals surface area contributed by atoms with E-state index < -0.39 is 45.8 Å². The summed E-state index contributed by atoms with van der Waals surface area (Å²) in [5.41, 5.74) is 2.17. The van der Waals surface area contributed by atoms with Crippen LogP contribution in [-0.4, -0.2) is 63.1 Å². The van der Waals surface area contributed by atoms with Crippen molar-refractivity contribution >= 4 is 15.9 Å². The molecule has 5 atom stereocenters. The summed E-state index contributed by atoms with van der Waals surface area (Å²) in [5, 5.41) is 20.7. The van der Waals surface area contributed by atoms with Gasteiger partial charge in [-0.15, -0.1) is 0 Å². The molecule has 53 heavy (non-hydrogen) atoms. The minimum absolute atomic E-state index is 0.00210. The Hall–Kier alpha value is -4.86. The third kappa shape index (κ3) is 10.6. The van der Waals surface area contributed by atoms with Gasteiger partial charge in [0.2, 0.25) is 15.9 Å². The van der Waals surface area contributed by atoms with Crippen molar-refractivity contribution in [3.63, 3.8) is 0 Å². The minimum atomic E-state index is -4.09. The van der Waals surface area contributed by atoms with E-state index in [9.17, 15) is 32.9 Å². The van der Waals surface area contributed by atoms with Crippen LogP contribution in [0.15, 0.2) is 105 Å². The van der Waals surface area contributed by atoms with Crippen LogP contribution in [0.3, 0.4) is 0 Å². The van der Waals surface area contributed by atoms with Crippen LogP contribution in [0.5, 0.6) is 0 Å². The lowest BCUT2D eigenvalue weighted by Gasteiger charge is -2.32. The van der Waals surface area contributed by atoms with Gasteiger partial charge in [0.05, 0.1) is 29.3 Å². The molecule has 4 rings (SSSR count). The van der Waals surface area contributed by atoms with E-state index in [2.05, 4.69) is 20.7 Å². The fourth-order valence-corrected chi connectivity index (χ4v) is 7.76. The summed E-state index contributed by atoms with van der Waals surface area (Å²) < 4.78 is 31.9. The summed E-state index contributed by atoms with van der Waals surface area (Å²) in [4.78, 5) is 54.1. The molecule has 4 aromatic rings. The highest BCUT2D eigenvalue weighted by molar-refractivity contribution is 7.89. The summed E-state index contributed by atoms with van der Waals surface area (Å²) in [6.45, 7) is 9.03. The number of hydrogen-bond acceptors (Lipinski definition) is 10. The van der Waals surface area contributed by atoms with Gasteiger partial charge >= 0.3 is 5.69 Å². The standard InChI is InChI=1S/C38H49N7O7S/c1-6-27(4)36(45-19-18-43(38(45)48)24-31-16-17-39-33(21-31)28(5)42-50)37(47)41-34(20-29-10-8-7-9-11-29)35(46)25-44(23-26(2)3)53(51,52)32-14-12-30(13-15-32)22-40-49/h7-19,21,26-28,34-36,46H,6,20,22-25H2,1-5H3,(H,41,47)/t27-,28?,34-,35+,36-/m0/s1. The van der Waals surface area contributed by atoms with Crippen molar-refractivity contribution in [2.45, 2.75) is 89.7 Å². The van der Waals surface area contributed by atoms with E-state index in [1.54, 1.807) is 37.6 Å². The van der Waals surface area contributed by atoms with Gasteiger partial charge < -0.3 is 10.4 Å². The molecule has 284 valence electrons. The van der Waals surface area contributed by atoms with E-state index in [0.717, 1.165) is 11.1 Å². The van der Waals surface area contributed by atoms with Crippen molar-refractivity contribution in [2.24, 2.45) is 22.2 Å². The van der Waals surface area contributed by atoms with Crippen LogP contribution >= 0.6 is 0 Å². The van der Waals surface area contributed by atoms with E-state index in [1.165, 1.54) is 37.7 Å². The first-order valence-corrected chi connectivity index (χ1v) is 19.2. The molecule has 2 aromatic heterocycles. The molecule has 2 heterocycles. The quantitative estimate of drug-likeness (QED) is 0.115. The van der Waals surface area contributed by atoms with Gasteiger partial charge in [-0.05, 0) is 66.1 Å². The zero-order valence-electron chi connectivity index (χ0n) is 30.8. The van der Waals surface area contributed by atoms with Crippen molar-refractivity contribution < 1.29 is 18.3 Å². The van der Waals surface area contributed by atoms with Crippen molar-refractivity contribution in [2.75, 3.05) is 13.1 Å². The average Bonchev–Trinajstić information content (AvgIpc) is 3.49. The highest BCUT2D eigenvalue weighted by Crippen LogP contribution is 2.24. The second kappa shape index (κ2) is 18.8. The maximum Gasteiger partial charge on any atom is 0.329 e. The number of carbonyl (C=O) groups excluding carboxylic acids is 1. The molecule has 0 saturated carbocycles. The number of nitrogens with one attached hydrogen (secondary N) is 1. The SMILES string of the molecule is CC[C@H](C)[C@@H](C(=O)N[C@@H](Cc1ccccc1)[C@H](O)CN(CC(C)C)S(=O)(=O)c1ccc(CN=O)cc1)n1ccn(Cc2ccnc(C(C)N=O)c2)c1=O. The lowest BCUT2D eigenvalue weighted by molar-refractivity contribution is -0.127. The molecule has 0 saturated heterocycles. The maximum absolute atomic E-state index is 14.3. The molecule has 0 aliphatic carbocycles. The van der Waals surface area contributed by atoms with Gasteiger partial charge in [-0.25, -0.2) is 13.2 Å². The smallest absolute Gasteiger partial charge is 0.329 e. The van der Waals surface area contributed by atoms with Crippen LogP contribution in [0, 0.1) is 21.6 Å². The highest BCUT2D eigenvalue weighted by Gasteiger charge is 2.34. The molecular formula is C38H49N7O7S. The Morgan fingerprint density at radius 2 is 1.64 bits per heavy atom. The number of nitrogens with zero attached hydrogens (tertiary/aromatic N) is 6. The van der Waals surface area contributed by atoms with E-state index in [4.69, 9.17) is 0 Å². The van der Waals surface area contributed by atoms with Crippen molar-refractivity contribution in [3.05, 3.63) is 128 Å². The zero-order chi connectivity index (χ0) is 38.7. The van der Waals surface area contributed by atoms with Gasteiger partial charge in [0.15, 0.2) is 0 Å². The Bertz CT molecular complexity index is 1980. The van der Waals surface area contributed by atoms with E-state index >= 15 is 0 Å². The normalized spacial score (nSPS) is 14.7. The topological polar surface area (TPSA) is 185 Å². The Kier molecular flexibility index (Phi) is 14.5. The maximum atomic E-state index is 14.3. The number of benzene rings is 2. The number of aliphatic hydroxyl groups is 1. The monoisotopic (exact) mass is 747 g/mol. The van der Waals surface area contributed by atoms with Crippen LogP contribution in [0.1, 0.15) is 75.5 Å². The highest BCUT2D eigenvalue weighted by atomic mass is 32.2. The molecule has 1 unspecified atom stereocenters. The Morgan fingerprint density at radius 3 is 2.26 bits per heavy atom. The van der Waals surface area contributed by atoms with Crippen molar-refractivity contribution in [3.8, 4) is 0 Å². The summed E-state index contributed by atoms with van der Waals surface area (Å²) in [7, 11) is -4.09. The number of amides is 1. The lowest BCUT2D eigenvalue weighted by atomic mass is 9.96. The minimum Gasteiger partial charge on any atom is -0.390 e. The summed E-state index contributed by atoms with van der Waals surface area (Å²) in [6, 6.07) is 16.1. The van der Waals surface area contributed by atoms with Crippen LogP contribution < -0.4 is 11.0 Å². The first-order chi connectivity index (χ1) is 25.3. The fourth-order valence-electron chi connectivity index (χ4n) is 6.14. The third-order valence-corrected chi connectivity index (χ3v) is 11.1. The lowest BCUT2D eigenvalue weighted by Crippen LogP contribution is -2.53. The molecule has 2 aromatic carbocycles. The Labute approximate surface area is 310 Å². The van der Waals surface area contributed by atoms with E-state index in [1.807, 2.05) is 58.0 Å². The predicted molar refractivity (Wildman–Crippen MR) is 202 cm³/mol. The number of hydrogen-bond donors (Lipinski definition) is 2. The average molecular weight is 748 g/mol. The van der Waals surface area contributed by atoms with Gasteiger partial charge in [-0.1, -0.05) is 86.9 Å². The molecule has 0 bridgehead atoms. The van der Waals surface area contributed by atoms with Crippen LogP contribution in [0.25, 0.3) is 0 Å². The van der Waals surface area contributed by atoms with E-state index in [-0.39, 0.29) is 49.3 Å². The Morgan fingerprint density at radius 1 is 0.943 bits per heavy atom. The van der Waals surface area contributed by atoms with Gasteiger partial charge in [0.25, 0.3) is 0 Å².